The van der Waals surface area contributed by atoms with E-state index >= 15 is 0 Å². The highest BCUT2D eigenvalue weighted by molar-refractivity contribution is 7.09. The number of aliphatic hydroxyl groups excluding tert-OH is 1. The molecule has 0 aromatic carbocycles. The van der Waals surface area contributed by atoms with E-state index in [0.29, 0.717) is 12.8 Å². The van der Waals surface area contributed by atoms with Gasteiger partial charge in [-0.2, -0.15) is 0 Å². The molecule has 0 amide bonds. The molecule has 5 heteroatoms. The summed E-state index contributed by atoms with van der Waals surface area (Å²) in [5.74, 6) is 0. The van der Waals surface area contributed by atoms with Gasteiger partial charge in [0, 0.05) is 22.3 Å². The van der Waals surface area contributed by atoms with Crippen LogP contribution in [0.1, 0.15) is 12.8 Å². The molecule has 0 aromatic rings. The Balaban J connectivity index is 2.37. The van der Waals surface area contributed by atoms with Crippen molar-refractivity contribution in [3.8, 4) is 0 Å². The zero-order valence-corrected chi connectivity index (χ0v) is 7.43. The van der Waals surface area contributed by atoms with Crippen LogP contribution in [0, 0.1) is 0 Å². The van der Waals surface area contributed by atoms with E-state index in [1.54, 1.807) is 0 Å². The van der Waals surface area contributed by atoms with Crippen LogP contribution in [0.2, 0.25) is 0 Å². The lowest BCUT2D eigenvalue weighted by molar-refractivity contribution is -0.100. The molecule has 0 radical (unpaired) electrons. The van der Waals surface area contributed by atoms with Gasteiger partial charge in [-0.3, -0.25) is 0 Å². The van der Waals surface area contributed by atoms with E-state index in [9.17, 15) is 0 Å². The third-order valence-corrected chi connectivity index (χ3v) is 2.17. The molecule has 1 aliphatic heterocycles. The van der Waals surface area contributed by atoms with Crippen LogP contribution in [0.4, 0.5) is 0 Å². The molecule has 1 rings (SSSR count). The molecule has 4 atom stereocenters. The lowest BCUT2D eigenvalue weighted by atomic mass is 10.1. The number of nitrogens with two attached hydrogens (primary N) is 1. The maximum Gasteiger partial charge on any atom is 0.108 e. The van der Waals surface area contributed by atoms with E-state index in [1.807, 2.05) is 0 Å². The maximum atomic E-state index is 8.78. The molecule has 1 aliphatic rings. The van der Waals surface area contributed by atoms with Gasteiger partial charge >= 0.3 is 0 Å². The fourth-order valence-electron chi connectivity index (χ4n) is 1.24. The van der Waals surface area contributed by atoms with Gasteiger partial charge in [0.25, 0.3) is 0 Å². The Morgan fingerprint density at radius 1 is 1.64 bits per heavy atom. The number of hydrogen-bond acceptors (Lipinski definition) is 4. The van der Waals surface area contributed by atoms with E-state index in [4.69, 9.17) is 20.1 Å². The molecule has 1 fully saturated rings. The third-order valence-electron chi connectivity index (χ3n) is 1.78. The summed E-state index contributed by atoms with van der Waals surface area (Å²) in [6, 6.07) is 0. The molecule has 0 aromatic heterocycles. The van der Waals surface area contributed by atoms with Crippen LogP contribution in [-0.2, 0) is 9.26 Å². The van der Waals surface area contributed by atoms with Crippen molar-refractivity contribution in [2.24, 2.45) is 5.73 Å². The second-order valence-corrected chi connectivity index (χ2v) is 2.98. The fraction of sp³-hybridized carbons (Fsp3) is 1.00. The predicted octanol–water partition coefficient (Wildman–Crippen LogP) is -0.382. The normalized spacial score (nSPS) is 39.0. The number of hydrogen-bond donors (Lipinski definition) is 2. The SMILES string of the molecule is NC1CC(OP)CC(CO)O1. The van der Waals surface area contributed by atoms with Gasteiger partial charge in [-0.05, 0) is 0 Å². The molecular weight excluding hydrogens is 165 g/mol. The summed E-state index contributed by atoms with van der Waals surface area (Å²) in [6.45, 7) is 0.0121. The van der Waals surface area contributed by atoms with Crippen LogP contribution in [0.5, 0.6) is 0 Å². The Hall–Kier alpha value is 0.270. The summed E-state index contributed by atoms with van der Waals surface area (Å²) in [6.07, 6.45) is 1.05. The van der Waals surface area contributed by atoms with Crippen LogP contribution in [-0.4, -0.2) is 30.1 Å². The Morgan fingerprint density at radius 2 is 2.36 bits per heavy atom. The third kappa shape index (κ3) is 2.65. The highest BCUT2D eigenvalue weighted by atomic mass is 31.0. The Morgan fingerprint density at radius 3 is 2.91 bits per heavy atom. The molecule has 4 unspecified atom stereocenters. The summed E-state index contributed by atoms with van der Waals surface area (Å²) in [7, 11) is 2.21. The highest BCUT2D eigenvalue weighted by Gasteiger charge is 2.26. The Kier molecular flexibility index (Phi) is 3.69. The second kappa shape index (κ2) is 4.33. The summed E-state index contributed by atoms with van der Waals surface area (Å²) in [4.78, 5) is 0. The van der Waals surface area contributed by atoms with E-state index in [2.05, 4.69) is 9.47 Å². The van der Waals surface area contributed by atoms with E-state index in [0.717, 1.165) is 0 Å². The van der Waals surface area contributed by atoms with E-state index < -0.39 is 0 Å². The fourth-order valence-corrected chi connectivity index (χ4v) is 1.46. The van der Waals surface area contributed by atoms with Crippen molar-refractivity contribution in [3.63, 3.8) is 0 Å². The molecule has 4 nitrogen and oxygen atoms in total. The standard InChI is InChI=1S/C6H14NO3P/c7-6-2-4(10-11)1-5(3-8)9-6/h4-6,8H,1-3,7,11H2. The van der Waals surface area contributed by atoms with Crippen molar-refractivity contribution < 1.29 is 14.4 Å². The monoisotopic (exact) mass is 179 g/mol. The average Bonchev–Trinajstić information content (AvgIpc) is 2.03. The molecule has 0 bridgehead atoms. The summed E-state index contributed by atoms with van der Waals surface area (Å²) < 4.78 is 10.2. The van der Waals surface area contributed by atoms with Crippen molar-refractivity contribution in [3.05, 3.63) is 0 Å². The van der Waals surface area contributed by atoms with E-state index in [1.165, 1.54) is 0 Å². The average molecular weight is 179 g/mol. The highest BCUT2D eigenvalue weighted by Crippen LogP contribution is 2.20. The summed E-state index contributed by atoms with van der Waals surface area (Å²) in [5, 5.41) is 8.78. The summed E-state index contributed by atoms with van der Waals surface area (Å²) >= 11 is 0. The molecule has 66 valence electrons. The molecule has 11 heavy (non-hydrogen) atoms. The smallest absolute Gasteiger partial charge is 0.108 e. The Labute approximate surface area is 68.3 Å². The van der Waals surface area contributed by atoms with Gasteiger partial charge in [0.2, 0.25) is 0 Å². The lowest BCUT2D eigenvalue weighted by Gasteiger charge is -2.31. The maximum absolute atomic E-state index is 8.78. The first-order valence-electron chi connectivity index (χ1n) is 3.63. The van der Waals surface area contributed by atoms with Crippen molar-refractivity contribution >= 4 is 9.47 Å². The van der Waals surface area contributed by atoms with E-state index in [-0.39, 0.29) is 25.0 Å². The van der Waals surface area contributed by atoms with Crippen LogP contribution < -0.4 is 5.73 Å². The topological polar surface area (TPSA) is 64.7 Å². The van der Waals surface area contributed by atoms with Gasteiger partial charge in [-0.1, -0.05) is 0 Å². The van der Waals surface area contributed by atoms with Gasteiger partial charge in [-0.25, -0.2) is 0 Å². The van der Waals surface area contributed by atoms with Crippen LogP contribution in [0.25, 0.3) is 0 Å². The largest absolute Gasteiger partial charge is 0.394 e. The van der Waals surface area contributed by atoms with Crippen molar-refractivity contribution in [1.29, 1.82) is 0 Å². The minimum atomic E-state index is -0.300. The van der Waals surface area contributed by atoms with Gasteiger partial charge < -0.3 is 20.1 Å². The summed E-state index contributed by atoms with van der Waals surface area (Å²) in [5.41, 5.74) is 5.54. The number of aliphatic hydroxyl groups is 1. The predicted molar refractivity (Wildman–Crippen MR) is 43.8 cm³/mol. The number of ether oxygens (including phenoxy) is 1. The minimum Gasteiger partial charge on any atom is -0.394 e. The zero-order valence-electron chi connectivity index (χ0n) is 6.27. The molecule has 1 heterocycles. The first-order valence-corrected chi connectivity index (χ1v) is 4.11. The molecule has 3 N–H and O–H groups in total. The van der Waals surface area contributed by atoms with Crippen LogP contribution in [0.15, 0.2) is 0 Å². The first kappa shape index (κ1) is 9.36. The minimum absolute atomic E-state index is 0.0121. The van der Waals surface area contributed by atoms with Crippen molar-refractivity contribution in [2.75, 3.05) is 6.61 Å². The second-order valence-electron chi connectivity index (χ2n) is 2.71. The molecule has 0 saturated carbocycles. The first-order chi connectivity index (χ1) is 5.26. The van der Waals surface area contributed by atoms with Crippen molar-refractivity contribution in [1.82, 2.24) is 0 Å². The zero-order chi connectivity index (χ0) is 8.27. The van der Waals surface area contributed by atoms with Crippen molar-refractivity contribution in [2.45, 2.75) is 31.3 Å². The Bertz CT molecular complexity index is 112. The van der Waals surface area contributed by atoms with Gasteiger partial charge in [0.15, 0.2) is 0 Å². The van der Waals surface area contributed by atoms with Crippen LogP contribution in [0.3, 0.4) is 0 Å². The van der Waals surface area contributed by atoms with Gasteiger partial charge in [-0.15, -0.1) is 0 Å². The molecule has 1 saturated heterocycles. The van der Waals surface area contributed by atoms with Crippen LogP contribution >= 0.6 is 9.47 Å². The molecule has 0 aliphatic carbocycles. The lowest BCUT2D eigenvalue weighted by Crippen LogP contribution is -2.42. The van der Waals surface area contributed by atoms with Gasteiger partial charge in [0.1, 0.15) is 6.23 Å². The number of rotatable bonds is 2. The molecular formula is C6H14NO3P. The quantitative estimate of drug-likeness (QED) is 0.567. The molecule has 0 spiro atoms. The van der Waals surface area contributed by atoms with Gasteiger partial charge in [0.05, 0.1) is 18.8 Å².